The highest BCUT2D eigenvalue weighted by Crippen LogP contribution is 2.22. The Balaban J connectivity index is 2.10. The highest BCUT2D eigenvalue weighted by atomic mass is 16.3. The summed E-state index contributed by atoms with van der Waals surface area (Å²) in [5, 5.41) is 15.4. The van der Waals surface area contributed by atoms with Gasteiger partial charge in [0.25, 0.3) is 0 Å². The van der Waals surface area contributed by atoms with Gasteiger partial charge in [-0.15, -0.1) is 0 Å². The minimum Gasteiger partial charge on any atom is -0.389 e. The molecule has 1 atom stereocenters. The van der Waals surface area contributed by atoms with Gasteiger partial charge in [0, 0.05) is 25.1 Å². The average Bonchev–Trinajstić information content (AvgIpc) is 2.88. The van der Waals surface area contributed by atoms with Crippen molar-refractivity contribution >= 4 is 0 Å². The molecule has 0 aliphatic rings. The molecule has 108 valence electrons. The second-order valence-corrected chi connectivity index (χ2v) is 5.80. The number of nitrogens with zero attached hydrogens (tertiary/aromatic N) is 2. The number of rotatable bonds is 6. The second-order valence-electron chi connectivity index (χ2n) is 5.80. The van der Waals surface area contributed by atoms with Crippen LogP contribution in [0.2, 0.25) is 0 Å². The number of hydrogen-bond donors (Lipinski definition) is 1. The Labute approximate surface area is 121 Å². The van der Waals surface area contributed by atoms with E-state index < -0.39 is 5.60 Å². The second kappa shape index (κ2) is 6.23. The number of benzene rings is 1. The molecule has 3 nitrogen and oxygen atoms in total. The van der Waals surface area contributed by atoms with E-state index in [4.69, 9.17) is 0 Å². The van der Waals surface area contributed by atoms with Gasteiger partial charge in [-0.3, -0.25) is 4.68 Å². The first-order chi connectivity index (χ1) is 9.52. The van der Waals surface area contributed by atoms with Gasteiger partial charge in [-0.2, -0.15) is 5.10 Å². The zero-order valence-electron chi connectivity index (χ0n) is 12.6. The SMILES string of the molecule is CCC(O)(Cc1ccccc1)Cc1ccn(C(C)C)n1. The van der Waals surface area contributed by atoms with Gasteiger partial charge >= 0.3 is 0 Å². The lowest BCUT2D eigenvalue weighted by Crippen LogP contribution is -2.33. The molecule has 1 heterocycles. The third-order valence-corrected chi connectivity index (χ3v) is 3.74. The lowest BCUT2D eigenvalue weighted by molar-refractivity contribution is 0.0357. The average molecular weight is 272 g/mol. The Morgan fingerprint density at radius 2 is 1.85 bits per heavy atom. The quantitative estimate of drug-likeness (QED) is 0.875. The van der Waals surface area contributed by atoms with E-state index in [0.29, 0.717) is 18.9 Å². The van der Waals surface area contributed by atoms with E-state index in [1.54, 1.807) is 0 Å². The van der Waals surface area contributed by atoms with Crippen molar-refractivity contribution in [2.75, 3.05) is 0 Å². The summed E-state index contributed by atoms with van der Waals surface area (Å²) < 4.78 is 1.94. The maximum Gasteiger partial charge on any atom is 0.0741 e. The van der Waals surface area contributed by atoms with Gasteiger partial charge in [-0.1, -0.05) is 37.3 Å². The number of aromatic nitrogens is 2. The molecule has 1 N–H and O–H groups in total. The van der Waals surface area contributed by atoms with Crippen molar-refractivity contribution < 1.29 is 5.11 Å². The molecule has 0 saturated heterocycles. The summed E-state index contributed by atoms with van der Waals surface area (Å²) in [6.45, 7) is 6.24. The van der Waals surface area contributed by atoms with Crippen molar-refractivity contribution in [3.05, 3.63) is 53.9 Å². The summed E-state index contributed by atoms with van der Waals surface area (Å²) in [7, 11) is 0. The first-order valence-corrected chi connectivity index (χ1v) is 7.33. The van der Waals surface area contributed by atoms with Crippen molar-refractivity contribution in [3.63, 3.8) is 0 Å². The first-order valence-electron chi connectivity index (χ1n) is 7.33. The molecule has 0 bridgehead atoms. The normalized spacial score (nSPS) is 14.4. The van der Waals surface area contributed by atoms with E-state index in [0.717, 1.165) is 12.1 Å². The van der Waals surface area contributed by atoms with Crippen molar-refractivity contribution in [2.24, 2.45) is 0 Å². The van der Waals surface area contributed by atoms with Crippen LogP contribution in [-0.4, -0.2) is 20.5 Å². The van der Waals surface area contributed by atoms with Gasteiger partial charge in [0.2, 0.25) is 0 Å². The molecule has 0 saturated carbocycles. The zero-order chi connectivity index (χ0) is 14.6. The Kier molecular flexibility index (Phi) is 4.61. The standard InChI is InChI=1S/C17H24N2O/c1-4-17(20,12-15-8-6-5-7-9-15)13-16-10-11-19(18-16)14(2)3/h5-11,14,20H,4,12-13H2,1-3H3. The van der Waals surface area contributed by atoms with Gasteiger partial charge in [0.1, 0.15) is 0 Å². The lowest BCUT2D eigenvalue weighted by atomic mass is 9.87. The Bertz CT molecular complexity index is 533. The predicted octanol–water partition coefficient (Wildman–Crippen LogP) is 3.39. The highest BCUT2D eigenvalue weighted by Gasteiger charge is 2.26. The summed E-state index contributed by atoms with van der Waals surface area (Å²) >= 11 is 0. The van der Waals surface area contributed by atoms with Crippen LogP contribution >= 0.6 is 0 Å². The largest absolute Gasteiger partial charge is 0.389 e. The summed E-state index contributed by atoms with van der Waals surface area (Å²) in [5.74, 6) is 0. The van der Waals surface area contributed by atoms with Crippen LogP contribution in [0.25, 0.3) is 0 Å². The molecule has 0 aliphatic carbocycles. The van der Waals surface area contributed by atoms with Crippen LogP contribution in [0.4, 0.5) is 0 Å². The molecule has 0 radical (unpaired) electrons. The van der Waals surface area contributed by atoms with E-state index in [-0.39, 0.29) is 0 Å². The lowest BCUT2D eigenvalue weighted by Gasteiger charge is -2.26. The molecule has 2 rings (SSSR count). The molecule has 0 aliphatic heterocycles. The topological polar surface area (TPSA) is 38.0 Å². The fourth-order valence-electron chi connectivity index (χ4n) is 2.38. The molecule has 0 amide bonds. The van der Waals surface area contributed by atoms with Crippen LogP contribution in [0.15, 0.2) is 42.6 Å². The van der Waals surface area contributed by atoms with E-state index >= 15 is 0 Å². The Hall–Kier alpha value is -1.61. The Morgan fingerprint density at radius 1 is 1.15 bits per heavy atom. The minimum absolute atomic E-state index is 0.354. The van der Waals surface area contributed by atoms with Crippen LogP contribution in [0, 0.1) is 0 Å². The predicted molar refractivity (Wildman–Crippen MR) is 81.7 cm³/mol. The summed E-state index contributed by atoms with van der Waals surface area (Å²) in [6.07, 6.45) is 3.96. The van der Waals surface area contributed by atoms with Gasteiger partial charge in [0.15, 0.2) is 0 Å². The van der Waals surface area contributed by atoms with Gasteiger partial charge in [-0.25, -0.2) is 0 Å². The molecule has 20 heavy (non-hydrogen) atoms. The molecular weight excluding hydrogens is 248 g/mol. The number of aliphatic hydroxyl groups is 1. The monoisotopic (exact) mass is 272 g/mol. The molecular formula is C17H24N2O. The van der Waals surface area contributed by atoms with Crippen LogP contribution in [0.3, 0.4) is 0 Å². The first kappa shape index (κ1) is 14.8. The van der Waals surface area contributed by atoms with Crippen LogP contribution in [0.1, 0.15) is 44.5 Å². The summed E-state index contributed by atoms with van der Waals surface area (Å²) in [4.78, 5) is 0. The van der Waals surface area contributed by atoms with Crippen LogP contribution < -0.4 is 0 Å². The Morgan fingerprint density at radius 3 is 2.40 bits per heavy atom. The van der Waals surface area contributed by atoms with Gasteiger partial charge in [-0.05, 0) is 31.9 Å². The molecule has 1 aromatic heterocycles. The van der Waals surface area contributed by atoms with Crippen molar-refractivity contribution in [1.82, 2.24) is 9.78 Å². The molecule has 3 heteroatoms. The molecule has 0 spiro atoms. The molecule has 1 unspecified atom stereocenters. The van der Waals surface area contributed by atoms with Crippen molar-refractivity contribution in [2.45, 2.75) is 51.7 Å². The van der Waals surface area contributed by atoms with E-state index in [1.165, 1.54) is 5.56 Å². The van der Waals surface area contributed by atoms with Crippen molar-refractivity contribution in [3.8, 4) is 0 Å². The third-order valence-electron chi connectivity index (χ3n) is 3.74. The summed E-state index contributed by atoms with van der Waals surface area (Å²) in [6, 6.07) is 12.5. The zero-order valence-corrected chi connectivity index (χ0v) is 12.6. The van der Waals surface area contributed by atoms with Crippen LogP contribution in [0.5, 0.6) is 0 Å². The molecule has 2 aromatic rings. The molecule has 0 fully saturated rings. The fourth-order valence-corrected chi connectivity index (χ4v) is 2.38. The highest BCUT2D eigenvalue weighted by molar-refractivity contribution is 5.18. The summed E-state index contributed by atoms with van der Waals surface area (Å²) in [5.41, 5.74) is 1.40. The maximum absolute atomic E-state index is 10.8. The number of hydrogen-bond acceptors (Lipinski definition) is 2. The minimum atomic E-state index is -0.725. The van der Waals surface area contributed by atoms with E-state index in [9.17, 15) is 5.11 Å². The van der Waals surface area contributed by atoms with Crippen LogP contribution in [-0.2, 0) is 12.8 Å². The fraction of sp³-hybridized carbons (Fsp3) is 0.471. The van der Waals surface area contributed by atoms with Gasteiger partial charge in [0.05, 0.1) is 11.3 Å². The maximum atomic E-state index is 10.8. The van der Waals surface area contributed by atoms with Crippen molar-refractivity contribution in [1.29, 1.82) is 0 Å². The molecule has 1 aromatic carbocycles. The van der Waals surface area contributed by atoms with Gasteiger partial charge < -0.3 is 5.11 Å². The third kappa shape index (κ3) is 3.70. The van der Waals surface area contributed by atoms with E-state index in [1.807, 2.05) is 42.1 Å². The van der Waals surface area contributed by atoms with E-state index in [2.05, 4.69) is 31.1 Å². The smallest absolute Gasteiger partial charge is 0.0741 e.